The third-order valence-electron chi connectivity index (χ3n) is 5.74. The Balaban J connectivity index is 1.59. The first-order chi connectivity index (χ1) is 16.8. The van der Waals surface area contributed by atoms with Crippen molar-refractivity contribution in [1.82, 2.24) is 9.13 Å². The molecule has 5 aromatic rings. The predicted octanol–water partition coefficient (Wildman–Crippen LogP) is 5.98. The Morgan fingerprint density at radius 3 is 2.06 bits per heavy atom. The number of aromatic hydroxyl groups is 2. The number of benzene rings is 4. The summed E-state index contributed by atoms with van der Waals surface area (Å²) in [6.45, 7) is 0. The Labute approximate surface area is 205 Å². The fraction of sp³-hybridized carbons (Fsp3) is 0.0357. The monoisotopic (exact) mass is 484 g/mol. The summed E-state index contributed by atoms with van der Waals surface area (Å²) in [5, 5.41) is 21.2. The van der Waals surface area contributed by atoms with Gasteiger partial charge in [0.25, 0.3) is 0 Å². The molecule has 0 bridgehead atoms. The lowest BCUT2D eigenvalue weighted by Crippen LogP contribution is -2.21. The summed E-state index contributed by atoms with van der Waals surface area (Å²) >= 11 is 6.45. The Kier molecular flexibility index (Phi) is 5.56. The second-order valence-corrected chi connectivity index (χ2v) is 8.45. The maximum Gasteiger partial charge on any atom is 0.347 e. The largest absolute Gasteiger partial charge is 0.508 e. The first-order valence-corrected chi connectivity index (χ1v) is 11.0. The van der Waals surface area contributed by atoms with Gasteiger partial charge in [-0.3, -0.25) is 4.57 Å². The van der Waals surface area contributed by atoms with E-state index in [2.05, 4.69) is 12.4 Å². The van der Waals surface area contributed by atoms with Crippen molar-refractivity contribution in [3.8, 4) is 50.6 Å². The second kappa shape index (κ2) is 8.71. The van der Waals surface area contributed by atoms with Gasteiger partial charge in [0.15, 0.2) is 0 Å². The van der Waals surface area contributed by atoms with Gasteiger partial charge in [-0.25, -0.2) is 13.8 Å². The van der Waals surface area contributed by atoms with Crippen molar-refractivity contribution in [2.45, 2.75) is 0 Å². The summed E-state index contributed by atoms with van der Waals surface area (Å²) in [6.07, 6.45) is 5.35. The van der Waals surface area contributed by atoms with Crippen LogP contribution in [0.15, 0.2) is 83.7 Å². The minimum Gasteiger partial charge on any atom is -0.508 e. The summed E-state index contributed by atoms with van der Waals surface area (Å²) in [4.78, 5) is 12.2. The number of hydrogen-bond donors (Lipinski definition) is 2. The Bertz CT molecular complexity index is 1640. The molecule has 35 heavy (non-hydrogen) atoms. The van der Waals surface area contributed by atoms with Gasteiger partial charge in [0.05, 0.1) is 10.7 Å². The molecule has 0 saturated heterocycles. The van der Waals surface area contributed by atoms with E-state index in [0.29, 0.717) is 22.4 Å². The maximum absolute atomic E-state index is 14.7. The van der Waals surface area contributed by atoms with E-state index in [1.54, 1.807) is 55.6 Å². The highest BCUT2D eigenvalue weighted by molar-refractivity contribution is 6.32. The van der Waals surface area contributed by atoms with Crippen LogP contribution in [0.4, 0.5) is 4.39 Å². The lowest BCUT2D eigenvalue weighted by atomic mass is 9.94. The zero-order chi connectivity index (χ0) is 24.7. The molecule has 0 amide bonds. The number of halogens is 2. The zero-order valence-electron chi connectivity index (χ0n) is 18.5. The van der Waals surface area contributed by atoms with Crippen LogP contribution in [0.25, 0.3) is 39.1 Å². The molecule has 1 aromatic heterocycles. The summed E-state index contributed by atoms with van der Waals surface area (Å²) in [5.41, 5.74) is 3.28. The maximum atomic E-state index is 14.7. The summed E-state index contributed by atoms with van der Waals surface area (Å²) in [7, 11) is 1.55. The van der Waals surface area contributed by atoms with Crippen LogP contribution in [0.3, 0.4) is 0 Å². The molecule has 0 radical (unpaired) electrons. The fourth-order valence-electron chi connectivity index (χ4n) is 3.98. The summed E-state index contributed by atoms with van der Waals surface area (Å²) in [6, 6.07) is 21.4. The van der Waals surface area contributed by atoms with Crippen LogP contribution < -0.4 is 5.69 Å². The van der Waals surface area contributed by atoms with Gasteiger partial charge in [0, 0.05) is 30.6 Å². The van der Waals surface area contributed by atoms with E-state index < -0.39 is 5.82 Å². The first kappa shape index (κ1) is 22.3. The van der Waals surface area contributed by atoms with Crippen LogP contribution in [-0.4, -0.2) is 19.3 Å². The molecule has 1 heterocycles. The average molecular weight is 485 g/mol. The van der Waals surface area contributed by atoms with Gasteiger partial charge in [0.2, 0.25) is 0 Å². The van der Waals surface area contributed by atoms with E-state index in [4.69, 9.17) is 11.6 Å². The predicted molar refractivity (Wildman–Crippen MR) is 133 cm³/mol. The summed E-state index contributed by atoms with van der Waals surface area (Å²) in [5.74, 6) is -0.504. The highest BCUT2D eigenvalue weighted by Crippen LogP contribution is 2.41. The van der Waals surface area contributed by atoms with Crippen LogP contribution in [0.2, 0.25) is 5.02 Å². The molecule has 0 spiro atoms. The van der Waals surface area contributed by atoms with Crippen molar-refractivity contribution >= 4 is 11.6 Å². The van der Waals surface area contributed by atoms with E-state index >= 15 is 0 Å². The van der Waals surface area contributed by atoms with Crippen LogP contribution in [-0.2, 0) is 7.05 Å². The van der Waals surface area contributed by atoms with Gasteiger partial charge in [-0.2, -0.15) is 0 Å². The number of aromatic nitrogens is 2. The molecule has 0 unspecified atom stereocenters. The molecule has 2 N–H and O–H groups in total. The third-order valence-corrected chi connectivity index (χ3v) is 6.04. The number of phenolic OH excluding ortho intramolecular Hbond substituents is 2. The molecular weight excluding hydrogens is 467 g/mol. The lowest BCUT2D eigenvalue weighted by molar-refractivity contribution is 0.475. The normalized spacial score (nSPS) is 10.8. The van der Waals surface area contributed by atoms with Crippen LogP contribution >= 0.6 is 11.6 Å². The van der Waals surface area contributed by atoms with Crippen LogP contribution in [0.1, 0.15) is 0 Å². The van der Waals surface area contributed by atoms with E-state index in [-0.39, 0.29) is 27.8 Å². The lowest BCUT2D eigenvalue weighted by Gasteiger charge is -2.13. The van der Waals surface area contributed by atoms with Crippen molar-refractivity contribution in [2.75, 3.05) is 0 Å². The van der Waals surface area contributed by atoms with E-state index in [1.807, 2.05) is 18.2 Å². The third kappa shape index (κ3) is 4.14. The zero-order valence-corrected chi connectivity index (χ0v) is 19.2. The Morgan fingerprint density at radius 1 is 0.800 bits per heavy atom. The average Bonchev–Trinajstić information content (AvgIpc) is 3.18. The smallest absolute Gasteiger partial charge is 0.347 e. The molecule has 7 heteroatoms. The van der Waals surface area contributed by atoms with Gasteiger partial charge in [-0.1, -0.05) is 48.0 Å². The standard InChI is InChI=1S/C28H18ClFN2O3/c1-31-10-11-32(28(31)35)26-9-8-20(14-25(26)29)24-16-21(30)15-23(27(24)34)19-6-2-4-17(12-19)18-5-3-7-22(33)13-18/h2-9,12-16,33-34H,1H3. The Hall–Kier alpha value is -4.47. The first-order valence-electron chi connectivity index (χ1n) is 10.6. The Morgan fingerprint density at radius 2 is 1.43 bits per heavy atom. The number of phenols is 2. The highest BCUT2D eigenvalue weighted by Gasteiger charge is 2.16. The number of hydrogen-bond acceptors (Lipinski definition) is 3. The van der Waals surface area contributed by atoms with Crippen LogP contribution in [0, 0.1) is 18.2 Å². The molecule has 0 aliphatic rings. The molecular formula is C28H18ClFN2O3. The topological polar surface area (TPSA) is 67.4 Å². The van der Waals surface area contributed by atoms with Crippen LogP contribution in [0.5, 0.6) is 11.5 Å². The second-order valence-electron chi connectivity index (χ2n) is 8.05. The quantitative estimate of drug-likeness (QED) is 0.329. The molecule has 5 rings (SSSR count). The van der Waals surface area contributed by atoms with Crippen molar-refractivity contribution in [1.29, 1.82) is 0 Å². The van der Waals surface area contributed by atoms with Gasteiger partial charge >= 0.3 is 5.69 Å². The number of nitrogens with zero attached hydrogens (tertiary/aromatic N) is 2. The molecule has 172 valence electrons. The molecule has 0 atom stereocenters. The fourth-order valence-corrected chi connectivity index (χ4v) is 4.25. The molecule has 4 aromatic carbocycles. The van der Waals surface area contributed by atoms with Gasteiger partial charge in [-0.05, 0) is 64.7 Å². The minimum atomic E-state index is -0.530. The molecule has 0 saturated carbocycles. The van der Waals surface area contributed by atoms with E-state index in [9.17, 15) is 19.4 Å². The van der Waals surface area contributed by atoms with Gasteiger partial charge in [0.1, 0.15) is 17.3 Å². The molecule has 0 aliphatic heterocycles. The molecule has 0 fully saturated rings. The summed E-state index contributed by atoms with van der Waals surface area (Å²) < 4.78 is 17.2. The van der Waals surface area contributed by atoms with Crippen molar-refractivity contribution in [3.63, 3.8) is 0 Å². The highest BCUT2D eigenvalue weighted by atomic mass is 35.5. The van der Waals surface area contributed by atoms with Crippen molar-refractivity contribution in [2.24, 2.45) is 7.05 Å². The number of rotatable bonds is 4. The molecule has 0 aliphatic carbocycles. The molecule has 5 nitrogen and oxygen atoms in total. The van der Waals surface area contributed by atoms with E-state index in [1.165, 1.54) is 21.3 Å². The minimum absolute atomic E-state index is 0.111. The SMILES string of the molecule is Cn1c#cn(-c2ccc(-c3cc(F)cc(-c4cccc(-c5cccc(O)c5)c4)c3O)cc2Cl)c1=O. The van der Waals surface area contributed by atoms with Gasteiger partial charge < -0.3 is 10.2 Å². The van der Waals surface area contributed by atoms with E-state index in [0.717, 1.165) is 11.1 Å². The van der Waals surface area contributed by atoms with Crippen molar-refractivity contribution in [3.05, 3.63) is 113 Å². The van der Waals surface area contributed by atoms with Crippen molar-refractivity contribution < 1.29 is 14.6 Å². The van der Waals surface area contributed by atoms with Gasteiger partial charge in [-0.15, -0.1) is 0 Å².